The Morgan fingerprint density at radius 3 is 2.40 bits per heavy atom. The fourth-order valence-electron chi connectivity index (χ4n) is 1.82. The highest BCUT2D eigenvalue weighted by molar-refractivity contribution is 5.72. The maximum absolute atomic E-state index is 11.7. The minimum atomic E-state index is -0.182. The van der Waals surface area contributed by atoms with Crippen LogP contribution >= 0.6 is 0 Å². The summed E-state index contributed by atoms with van der Waals surface area (Å²) in [5.41, 5.74) is 3.39. The molecule has 0 unspecified atom stereocenters. The Morgan fingerprint density at radius 1 is 1.10 bits per heavy atom. The summed E-state index contributed by atoms with van der Waals surface area (Å²) >= 11 is 0. The van der Waals surface area contributed by atoms with Crippen molar-refractivity contribution in [3.05, 3.63) is 59.2 Å². The lowest BCUT2D eigenvalue weighted by atomic mass is 10.1. The fourth-order valence-corrected chi connectivity index (χ4v) is 1.82. The molecule has 108 valence electrons. The van der Waals surface area contributed by atoms with Gasteiger partial charge in [-0.25, -0.2) is 0 Å². The van der Waals surface area contributed by atoms with Crippen LogP contribution in [0.15, 0.2) is 53.6 Å². The summed E-state index contributed by atoms with van der Waals surface area (Å²) < 4.78 is 5.26. The van der Waals surface area contributed by atoms with E-state index in [4.69, 9.17) is 4.74 Å². The van der Waals surface area contributed by atoms with Gasteiger partial charge in [0.1, 0.15) is 6.61 Å². The second-order valence-corrected chi connectivity index (χ2v) is 5.10. The molecule has 0 N–H and O–H groups in total. The van der Waals surface area contributed by atoms with Crippen LogP contribution in [0.1, 0.15) is 39.2 Å². The fraction of sp³-hybridized carbons (Fsp3) is 0.389. The van der Waals surface area contributed by atoms with Crippen molar-refractivity contribution in [1.29, 1.82) is 0 Å². The lowest BCUT2D eigenvalue weighted by Gasteiger charge is -2.05. The van der Waals surface area contributed by atoms with E-state index in [-0.39, 0.29) is 5.97 Å². The van der Waals surface area contributed by atoms with Crippen molar-refractivity contribution in [2.75, 3.05) is 6.61 Å². The Bertz CT molecular complexity index is 469. The zero-order chi connectivity index (χ0) is 14.8. The summed E-state index contributed by atoms with van der Waals surface area (Å²) in [4.78, 5) is 11.7. The number of ether oxygens (including phenoxy) is 1. The van der Waals surface area contributed by atoms with Gasteiger partial charge >= 0.3 is 5.97 Å². The molecule has 0 spiro atoms. The van der Waals surface area contributed by atoms with Gasteiger partial charge in [0.25, 0.3) is 0 Å². The molecule has 0 amide bonds. The lowest BCUT2D eigenvalue weighted by molar-refractivity contribution is -0.141. The van der Waals surface area contributed by atoms with Crippen molar-refractivity contribution in [2.24, 2.45) is 0 Å². The molecule has 1 aromatic rings. The predicted octanol–water partition coefficient (Wildman–Crippen LogP) is 4.47. The van der Waals surface area contributed by atoms with E-state index in [0.29, 0.717) is 13.0 Å². The third-order valence-corrected chi connectivity index (χ3v) is 2.95. The van der Waals surface area contributed by atoms with Crippen molar-refractivity contribution in [3.8, 4) is 0 Å². The van der Waals surface area contributed by atoms with E-state index >= 15 is 0 Å². The molecule has 0 heterocycles. The van der Waals surface area contributed by atoms with Gasteiger partial charge in [0.05, 0.1) is 6.42 Å². The maximum atomic E-state index is 11.7. The van der Waals surface area contributed by atoms with E-state index in [2.05, 4.69) is 19.9 Å². The monoisotopic (exact) mass is 272 g/mol. The second-order valence-electron chi connectivity index (χ2n) is 5.10. The largest absolute Gasteiger partial charge is 0.461 e. The van der Waals surface area contributed by atoms with Crippen molar-refractivity contribution in [1.82, 2.24) is 0 Å². The average Bonchev–Trinajstić information content (AvgIpc) is 2.44. The molecule has 0 saturated heterocycles. The van der Waals surface area contributed by atoms with Gasteiger partial charge in [0.2, 0.25) is 0 Å². The second kappa shape index (κ2) is 9.13. The first kappa shape index (κ1) is 16.2. The lowest BCUT2D eigenvalue weighted by Crippen LogP contribution is -2.09. The van der Waals surface area contributed by atoms with Crippen molar-refractivity contribution < 1.29 is 9.53 Å². The number of allylic oxidation sites excluding steroid dienone is 3. The molecule has 0 aliphatic heterocycles. The molecule has 0 saturated carbocycles. The third-order valence-electron chi connectivity index (χ3n) is 2.95. The quantitative estimate of drug-likeness (QED) is 0.541. The number of rotatable bonds is 7. The van der Waals surface area contributed by atoms with Crippen LogP contribution < -0.4 is 0 Å². The molecule has 0 aliphatic rings. The molecule has 0 bridgehead atoms. The van der Waals surface area contributed by atoms with Gasteiger partial charge in [-0.15, -0.1) is 0 Å². The Hall–Kier alpha value is -1.83. The maximum Gasteiger partial charge on any atom is 0.310 e. The van der Waals surface area contributed by atoms with Crippen LogP contribution in [0.25, 0.3) is 0 Å². The van der Waals surface area contributed by atoms with Crippen LogP contribution in [0.4, 0.5) is 0 Å². The molecule has 0 aliphatic carbocycles. The molecule has 0 aromatic heterocycles. The van der Waals surface area contributed by atoms with E-state index in [1.807, 2.05) is 43.3 Å². The van der Waals surface area contributed by atoms with Crippen LogP contribution in [0.3, 0.4) is 0 Å². The molecular formula is C18H24O2. The molecule has 0 atom stereocenters. The first-order valence-electron chi connectivity index (χ1n) is 7.14. The van der Waals surface area contributed by atoms with E-state index in [1.165, 1.54) is 5.57 Å². The summed E-state index contributed by atoms with van der Waals surface area (Å²) in [7, 11) is 0. The predicted molar refractivity (Wildman–Crippen MR) is 83.5 cm³/mol. The average molecular weight is 272 g/mol. The van der Waals surface area contributed by atoms with Gasteiger partial charge in [-0.1, -0.05) is 61.4 Å². The summed E-state index contributed by atoms with van der Waals surface area (Å²) in [5, 5.41) is 0. The summed E-state index contributed by atoms with van der Waals surface area (Å²) in [5.74, 6) is -0.182. The van der Waals surface area contributed by atoms with Gasteiger partial charge < -0.3 is 4.74 Å². The topological polar surface area (TPSA) is 26.3 Å². The Morgan fingerprint density at radius 2 is 1.75 bits per heavy atom. The smallest absolute Gasteiger partial charge is 0.310 e. The SMILES string of the molecule is CCC/C(C)=C/C=C(\C)COC(=O)Cc1ccccc1. The number of esters is 1. The Labute approximate surface area is 122 Å². The zero-order valence-electron chi connectivity index (χ0n) is 12.7. The normalized spacial score (nSPS) is 12.3. The zero-order valence-corrected chi connectivity index (χ0v) is 12.7. The standard InChI is InChI=1S/C18H24O2/c1-4-8-15(2)11-12-16(3)14-20-18(19)13-17-9-6-5-7-10-17/h5-7,9-12H,4,8,13-14H2,1-3H3/b15-11+,16-12+. The molecular weight excluding hydrogens is 248 g/mol. The van der Waals surface area contributed by atoms with Crippen LogP contribution in [0.2, 0.25) is 0 Å². The molecule has 2 heteroatoms. The Balaban J connectivity index is 2.37. The van der Waals surface area contributed by atoms with Crippen LogP contribution in [0, 0.1) is 0 Å². The minimum Gasteiger partial charge on any atom is -0.461 e. The van der Waals surface area contributed by atoms with Crippen molar-refractivity contribution >= 4 is 5.97 Å². The highest BCUT2D eigenvalue weighted by Gasteiger charge is 2.04. The van der Waals surface area contributed by atoms with Crippen molar-refractivity contribution in [2.45, 2.75) is 40.0 Å². The number of hydrogen-bond donors (Lipinski definition) is 0. The number of hydrogen-bond acceptors (Lipinski definition) is 2. The van der Waals surface area contributed by atoms with Crippen molar-refractivity contribution in [3.63, 3.8) is 0 Å². The molecule has 2 nitrogen and oxygen atoms in total. The van der Waals surface area contributed by atoms with E-state index in [0.717, 1.165) is 24.0 Å². The minimum absolute atomic E-state index is 0.182. The molecule has 20 heavy (non-hydrogen) atoms. The molecule has 1 aromatic carbocycles. The van der Waals surface area contributed by atoms with Gasteiger partial charge in [-0.3, -0.25) is 4.79 Å². The summed E-state index contributed by atoms with van der Waals surface area (Å²) in [6.45, 7) is 6.63. The third kappa shape index (κ3) is 6.93. The van der Waals surface area contributed by atoms with Gasteiger partial charge in [-0.2, -0.15) is 0 Å². The van der Waals surface area contributed by atoms with Crippen LogP contribution in [-0.4, -0.2) is 12.6 Å². The highest BCUT2D eigenvalue weighted by atomic mass is 16.5. The van der Waals surface area contributed by atoms with E-state index in [1.54, 1.807) is 0 Å². The molecule has 0 fully saturated rings. The van der Waals surface area contributed by atoms with Crippen LogP contribution in [-0.2, 0) is 16.0 Å². The molecule has 1 rings (SSSR count). The summed E-state index contributed by atoms with van der Waals surface area (Å²) in [6.07, 6.45) is 6.72. The Kier molecular flexibility index (Phi) is 7.41. The van der Waals surface area contributed by atoms with E-state index in [9.17, 15) is 4.79 Å². The van der Waals surface area contributed by atoms with Gasteiger partial charge in [-0.05, 0) is 31.4 Å². The van der Waals surface area contributed by atoms with Crippen LogP contribution in [0.5, 0.6) is 0 Å². The molecule has 0 radical (unpaired) electrons. The van der Waals surface area contributed by atoms with E-state index < -0.39 is 0 Å². The highest BCUT2D eigenvalue weighted by Crippen LogP contribution is 2.06. The summed E-state index contributed by atoms with van der Waals surface area (Å²) in [6, 6.07) is 9.65. The first-order chi connectivity index (χ1) is 9.61. The first-order valence-corrected chi connectivity index (χ1v) is 7.14. The number of carbonyl (C=O) groups excluding carboxylic acids is 1. The number of benzene rings is 1. The number of carbonyl (C=O) groups is 1. The van der Waals surface area contributed by atoms with Gasteiger partial charge in [0, 0.05) is 0 Å². The van der Waals surface area contributed by atoms with Gasteiger partial charge in [0.15, 0.2) is 0 Å².